The van der Waals surface area contributed by atoms with Crippen molar-refractivity contribution in [3.8, 4) is 11.3 Å². The van der Waals surface area contributed by atoms with E-state index in [1.165, 1.54) is 0 Å². The molecule has 2 aromatic carbocycles. The third kappa shape index (κ3) is 4.61. The average Bonchev–Trinajstić information content (AvgIpc) is 3.18. The Morgan fingerprint density at radius 1 is 1.11 bits per heavy atom. The van der Waals surface area contributed by atoms with Crippen molar-refractivity contribution in [3.05, 3.63) is 71.7 Å². The molecule has 144 valence electrons. The Bertz CT molecular complexity index is 916. The summed E-state index contributed by atoms with van der Waals surface area (Å²) < 4.78 is 5.89. The molecule has 2 heterocycles. The third-order valence-electron chi connectivity index (χ3n) is 5.04. The first-order valence-corrected chi connectivity index (χ1v) is 9.84. The number of likely N-dealkylation sites (tertiary alicyclic amines) is 1. The summed E-state index contributed by atoms with van der Waals surface area (Å²) in [5.74, 6) is 1.58. The van der Waals surface area contributed by atoms with Crippen molar-refractivity contribution in [2.75, 3.05) is 18.4 Å². The molecule has 0 spiro atoms. The van der Waals surface area contributed by atoms with Crippen LogP contribution in [0.3, 0.4) is 0 Å². The van der Waals surface area contributed by atoms with Gasteiger partial charge in [-0.1, -0.05) is 29.8 Å². The number of hydrogen-bond acceptors (Lipinski definition) is 4. The van der Waals surface area contributed by atoms with Crippen LogP contribution in [0.2, 0.25) is 5.02 Å². The van der Waals surface area contributed by atoms with Crippen LogP contribution in [0.1, 0.15) is 18.7 Å². The van der Waals surface area contributed by atoms with Crippen molar-refractivity contribution >= 4 is 23.2 Å². The number of benzene rings is 2. The lowest BCUT2D eigenvalue weighted by molar-refractivity contribution is -0.121. The SMILES string of the molecule is O=C(Nc1ccccc1)C1CCN(Cc2ncc(-c3ccc(Cl)cc3)o2)CC1. The lowest BCUT2D eigenvalue weighted by Gasteiger charge is -2.30. The minimum atomic E-state index is 0.0469. The van der Waals surface area contributed by atoms with Crippen LogP contribution in [0.5, 0.6) is 0 Å². The van der Waals surface area contributed by atoms with Crippen LogP contribution >= 0.6 is 11.6 Å². The van der Waals surface area contributed by atoms with E-state index in [-0.39, 0.29) is 11.8 Å². The van der Waals surface area contributed by atoms with Crippen LogP contribution in [-0.4, -0.2) is 28.9 Å². The molecule has 0 unspecified atom stereocenters. The number of carbonyl (C=O) groups is 1. The number of nitrogens with zero attached hydrogens (tertiary/aromatic N) is 2. The number of nitrogens with one attached hydrogen (secondary N) is 1. The molecule has 1 fully saturated rings. The van der Waals surface area contributed by atoms with Crippen molar-refractivity contribution in [1.29, 1.82) is 0 Å². The Morgan fingerprint density at radius 2 is 1.82 bits per heavy atom. The number of aromatic nitrogens is 1. The minimum Gasteiger partial charge on any atom is -0.439 e. The van der Waals surface area contributed by atoms with E-state index in [0.717, 1.165) is 42.9 Å². The molecular formula is C22H22ClN3O2. The fourth-order valence-electron chi connectivity index (χ4n) is 3.44. The minimum absolute atomic E-state index is 0.0469. The molecule has 0 radical (unpaired) electrons. The molecule has 1 aromatic heterocycles. The number of para-hydroxylation sites is 1. The number of carbonyl (C=O) groups excluding carboxylic acids is 1. The quantitative estimate of drug-likeness (QED) is 0.671. The zero-order valence-corrected chi connectivity index (χ0v) is 16.2. The van der Waals surface area contributed by atoms with Crippen molar-refractivity contribution in [1.82, 2.24) is 9.88 Å². The molecule has 1 aliphatic heterocycles. The maximum absolute atomic E-state index is 12.4. The van der Waals surface area contributed by atoms with Crippen LogP contribution in [-0.2, 0) is 11.3 Å². The lowest BCUT2D eigenvalue weighted by atomic mass is 9.96. The normalized spacial score (nSPS) is 15.5. The van der Waals surface area contributed by atoms with Gasteiger partial charge in [0.15, 0.2) is 5.76 Å². The summed E-state index contributed by atoms with van der Waals surface area (Å²) in [6.45, 7) is 2.36. The van der Waals surface area contributed by atoms with Crippen LogP contribution in [0.15, 0.2) is 65.2 Å². The summed E-state index contributed by atoms with van der Waals surface area (Å²) in [6.07, 6.45) is 3.42. The first-order valence-electron chi connectivity index (χ1n) is 9.46. The second kappa shape index (κ2) is 8.59. The van der Waals surface area contributed by atoms with Gasteiger partial charge >= 0.3 is 0 Å². The largest absolute Gasteiger partial charge is 0.439 e. The Labute approximate surface area is 169 Å². The molecule has 1 aliphatic rings. The fourth-order valence-corrected chi connectivity index (χ4v) is 3.57. The number of amides is 1. The smallest absolute Gasteiger partial charge is 0.227 e. The molecule has 0 bridgehead atoms. The third-order valence-corrected chi connectivity index (χ3v) is 5.29. The highest BCUT2D eigenvalue weighted by atomic mass is 35.5. The van der Waals surface area contributed by atoms with Gasteiger partial charge in [-0.05, 0) is 62.3 Å². The molecule has 0 aliphatic carbocycles. The van der Waals surface area contributed by atoms with Gasteiger partial charge in [-0.15, -0.1) is 0 Å². The standard InChI is InChI=1S/C22H22ClN3O2/c23-18-8-6-16(7-9-18)20-14-24-21(28-20)15-26-12-10-17(11-13-26)22(27)25-19-4-2-1-3-5-19/h1-9,14,17H,10-13,15H2,(H,25,27). The van der Waals surface area contributed by atoms with Gasteiger partial charge in [-0.2, -0.15) is 0 Å². The van der Waals surface area contributed by atoms with E-state index >= 15 is 0 Å². The van der Waals surface area contributed by atoms with E-state index in [1.54, 1.807) is 6.20 Å². The van der Waals surface area contributed by atoms with Gasteiger partial charge in [0.2, 0.25) is 11.8 Å². The summed E-state index contributed by atoms with van der Waals surface area (Å²) in [7, 11) is 0. The van der Waals surface area contributed by atoms with Gasteiger partial charge in [-0.25, -0.2) is 4.98 Å². The van der Waals surface area contributed by atoms with Gasteiger partial charge in [0.1, 0.15) is 0 Å². The number of anilines is 1. The van der Waals surface area contributed by atoms with Gasteiger partial charge in [-0.3, -0.25) is 9.69 Å². The summed E-state index contributed by atoms with van der Waals surface area (Å²) >= 11 is 5.93. The van der Waals surface area contributed by atoms with E-state index in [2.05, 4.69) is 15.2 Å². The first-order chi connectivity index (χ1) is 13.7. The van der Waals surface area contributed by atoms with E-state index in [4.69, 9.17) is 16.0 Å². The van der Waals surface area contributed by atoms with Gasteiger partial charge in [0.05, 0.1) is 12.7 Å². The fraction of sp³-hybridized carbons (Fsp3) is 0.273. The highest BCUT2D eigenvalue weighted by Gasteiger charge is 2.25. The number of hydrogen-bond donors (Lipinski definition) is 1. The van der Waals surface area contributed by atoms with Crippen LogP contribution < -0.4 is 5.32 Å². The zero-order valence-electron chi connectivity index (χ0n) is 15.5. The zero-order chi connectivity index (χ0) is 19.3. The molecule has 4 rings (SSSR count). The molecule has 6 heteroatoms. The number of oxazole rings is 1. The Kier molecular flexibility index (Phi) is 5.74. The molecule has 28 heavy (non-hydrogen) atoms. The number of halogens is 1. The molecule has 5 nitrogen and oxygen atoms in total. The molecule has 3 aromatic rings. The van der Waals surface area contributed by atoms with Gasteiger partial charge in [0.25, 0.3) is 0 Å². The predicted molar refractivity (Wildman–Crippen MR) is 110 cm³/mol. The van der Waals surface area contributed by atoms with E-state index in [9.17, 15) is 4.79 Å². The molecule has 0 saturated carbocycles. The van der Waals surface area contributed by atoms with Crippen molar-refractivity contribution < 1.29 is 9.21 Å². The van der Waals surface area contributed by atoms with Crippen molar-refractivity contribution in [2.45, 2.75) is 19.4 Å². The Balaban J connectivity index is 1.29. The molecule has 1 N–H and O–H groups in total. The van der Waals surface area contributed by atoms with E-state index < -0.39 is 0 Å². The molecule has 1 saturated heterocycles. The maximum Gasteiger partial charge on any atom is 0.227 e. The Hall–Kier alpha value is -2.63. The van der Waals surface area contributed by atoms with E-state index in [0.29, 0.717) is 17.5 Å². The van der Waals surface area contributed by atoms with Crippen molar-refractivity contribution in [2.24, 2.45) is 5.92 Å². The molecule has 0 atom stereocenters. The van der Waals surface area contributed by atoms with Crippen LogP contribution in [0, 0.1) is 5.92 Å². The second-order valence-electron chi connectivity index (χ2n) is 7.03. The average molecular weight is 396 g/mol. The predicted octanol–water partition coefficient (Wildman–Crippen LogP) is 4.85. The molecule has 1 amide bonds. The maximum atomic E-state index is 12.4. The Morgan fingerprint density at radius 3 is 2.54 bits per heavy atom. The van der Waals surface area contributed by atoms with Crippen LogP contribution in [0.4, 0.5) is 5.69 Å². The second-order valence-corrected chi connectivity index (χ2v) is 7.47. The summed E-state index contributed by atoms with van der Waals surface area (Å²) in [6, 6.07) is 17.1. The summed E-state index contributed by atoms with van der Waals surface area (Å²) in [5, 5.41) is 3.70. The first kappa shape index (κ1) is 18.7. The highest BCUT2D eigenvalue weighted by Crippen LogP contribution is 2.24. The number of rotatable bonds is 5. The molecular weight excluding hydrogens is 374 g/mol. The van der Waals surface area contributed by atoms with E-state index in [1.807, 2.05) is 54.6 Å². The van der Waals surface area contributed by atoms with Gasteiger partial charge in [0, 0.05) is 22.2 Å². The summed E-state index contributed by atoms with van der Waals surface area (Å²) in [4.78, 5) is 19.1. The highest BCUT2D eigenvalue weighted by molar-refractivity contribution is 6.30. The number of piperidine rings is 1. The van der Waals surface area contributed by atoms with Crippen LogP contribution in [0.25, 0.3) is 11.3 Å². The lowest BCUT2D eigenvalue weighted by Crippen LogP contribution is -2.37. The summed E-state index contributed by atoms with van der Waals surface area (Å²) in [5.41, 5.74) is 1.81. The van der Waals surface area contributed by atoms with Gasteiger partial charge < -0.3 is 9.73 Å². The van der Waals surface area contributed by atoms with Crippen molar-refractivity contribution in [3.63, 3.8) is 0 Å². The monoisotopic (exact) mass is 395 g/mol. The topological polar surface area (TPSA) is 58.4 Å².